The second-order valence-corrected chi connectivity index (χ2v) is 5.32. The number of methoxy groups -OCH3 is 1. The molecule has 0 aliphatic rings. The molecule has 0 atom stereocenters. The number of aromatic nitrogens is 2. The first kappa shape index (κ1) is 15.4. The zero-order chi connectivity index (χ0) is 15.2. The van der Waals surface area contributed by atoms with Crippen LogP contribution in [-0.2, 0) is 20.2 Å². The van der Waals surface area contributed by atoms with Crippen LogP contribution in [-0.4, -0.2) is 22.9 Å². The van der Waals surface area contributed by atoms with Crippen LogP contribution in [0.4, 0.5) is 0 Å². The molecule has 0 saturated heterocycles. The lowest BCUT2D eigenvalue weighted by Crippen LogP contribution is -2.22. The molecule has 0 bridgehead atoms. The summed E-state index contributed by atoms with van der Waals surface area (Å²) in [4.78, 5) is 0. The van der Waals surface area contributed by atoms with Gasteiger partial charge in [0.25, 0.3) is 0 Å². The molecule has 21 heavy (non-hydrogen) atoms. The van der Waals surface area contributed by atoms with Gasteiger partial charge in [-0.1, -0.05) is 13.8 Å². The molecular weight excluding hydrogens is 266 g/mol. The molecule has 5 nitrogen and oxygen atoms in total. The van der Waals surface area contributed by atoms with Gasteiger partial charge in [-0.2, -0.15) is 5.10 Å². The van der Waals surface area contributed by atoms with Crippen molar-refractivity contribution < 1.29 is 9.47 Å². The van der Waals surface area contributed by atoms with Gasteiger partial charge in [-0.05, 0) is 18.2 Å². The van der Waals surface area contributed by atoms with Crippen molar-refractivity contribution in [2.75, 3.05) is 7.11 Å². The second kappa shape index (κ2) is 7.13. The minimum atomic E-state index is 0.419. The molecule has 0 radical (unpaired) electrons. The molecule has 0 spiro atoms. The summed E-state index contributed by atoms with van der Waals surface area (Å²) in [6, 6.07) is 6.29. The van der Waals surface area contributed by atoms with Gasteiger partial charge in [0.1, 0.15) is 18.1 Å². The van der Waals surface area contributed by atoms with Crippen LogP contribution >= 0.6 is 0 Å². The van der Waals surface area contributed by atoms with Gasteiger partial charge in [-0.25, -0.2) is 0 Å². The highest BCUT2D eigenvalue weighted by atomic mass is 16.5. The van der Waals surface area contributed by atoms with Gasteiger partial charge in [0.05, 0.1) is 13.3 Å². The van der Waals surface area contributed by atoms with Crippen molar-refractivity contribution >= 4 is 0 Å². The molecule has 0 saturated carbocycles. The fourth-order valence-electron chi connectivity index (χ4n) is 1.98. The number of benzene rings is 1. The SMILES string of the molecule is COc1ccc(OCc2cnn(C)c2)c(CNC(C)C)c1. The summed E-state index contributed by atoms with van der Waals surface area (Å²) in [6.07, 6.45) is 3.77. The first-order valence-electron chi connectivity index (χ1n) is 7.09. The predicted molar refractivity (Wildman–Crippen MR) is 82.5 cm³/mol. The van der Waals surface area contributed by atoms with E-state index in [1.165, 1.54) is 0 Å². The molecule has 1 N–H and O–H groups in total. The van der Waals surface area contributed by atoms with Crippen molar-refractivity contribution in [3.8, 4) is 11.5 Å². The van der Waals surface area contributed by atoms with Gasteiger partial charge in [-0.3, -0.25) is 4.68 Å². The van der Waals surface area contributed by atoms with E-state index in [1.807, 2.05) is 37.6 Å². The van der Waals surface area contributed by atoms with E-state index in [0.29, 0.717) is 12.6 Å². The zero-order valence-electron chi connectivity index (χ0n) is 13.1. The topological polar surface area (TPSA) is 48.3 Å². The highest BCUT2D eigenvalue weighted by Crippen LogP contribution is 2.25. The second-order valence-electron chi connectivity index (χ2n) is 5.32. The Hall–Kier alpha value is -2.01. The van der Waals surface area contributed by atoms with Gasteiger partial charge in [0, 0.05) is 37.0 Å². The van der Waals surface area contributed by atoms with Gasteiger partial charge in [0.15, 0.2) is 0 Å². The minimum Gasteiger partial charge on any atom is -0.497 e. The Balaban J connectivity index is 2.09. The molecule has 1 aromatic heterocycles. The minimum absolute atomic E-state index is 0.419. The third-order valence-corrected chi connectivity index (χ3v) is 3.12. The average molecular weight is 289 g/mol. The van der Waals surface area contributed by atoms with Crippen molar-refractivity contribution in [2.24, 2.45) is 7.05 Å². The van der Waals surface area contributed by atoms with Crippen LogP contribution in [0.5, 0.6) is 11.5 Å². The Morgan fingerprint density at radius 3 is 2.76 bits per heavy atom. The maximum Gasteiger partial charge on any atom is 0.124 e. The molecule has 0 aliphatic heterocycles. The van der Waals surface area contributed by atoms with Crippen LogP contribution in [0.15, 0.2) is 30.6 Å². The summed E-state index contributed by atoms with van der Waals surface area (Å²) in [7, 11) is 3.57. The van der Waals surface area contributed by atoms with Crippen molar-refractivity contribution in [3.05, 3.63) is 41.7 Å². The van der Waals surface area contributed by atoms with E-state index in [9.17, 15) is 0 Å². The van der Waals surface area contributed by atoms with Crippen molar-refractivity contribution in [1.82, 2.24) is 15.1 Å². The number of nitrogens with zero attached hydrogens (tertiary/aromatic N) is 2. The number of ether oxygens (including phenoxy) is 2. The van der Waals surface area contributed by atoms with E-state index < -0.39 is 0 Å². The first-order chi connectivity index (χ1) is 10.1. The third-order valence-electron chi connectivity index (χ3n) is 3.12. The molecule has 0 fully saturated rings. The summed E-state index contributed by atoms with van der Waals surface area (Å²) >= 11 is 0. The van der Waals surface area contributed by atoms with Crippen molar-refractivity contribution in [2.45, 2.75) is 33.0 Å². The molecule has 114 valence electrons. The predicted octanol–water partition coefficient (Wildman–Crippen LogP) is 2.51. The maximum atomic E-state index is 5.92. The average Bonchev–Trinajstić information content (AvgIpc) is 2.88. The van der Waals surface area contributed by atoms with Gasteiger partial charge in [-0.15, -0.1) is 0 Å². The Labute approximate surface area is 125 Å². The number of hydrogen-bond donors (Lipinski definition) is 1. The molecule has 1 aromatic carbocycles. The Kier molecular flexibility index (Phi) is 5.22. The lowest BCUT2D eigenvalue weighted by Gasteiger charge is -2.14. The van der Waals surface area contributed by atoms with Crippen LogP contribution < -0.4 is 14.8 Å². The van der Waals surface area contributed by atoms with Crippen LogP contribution in [0.2, 0.25) is 0 Å². The van der Waals surface area contributed by atoms with Crippen molar-refractivity contribution in [3.63, 3.8) is 0 Å². The molecule has 1 heterocycles. The highest BCUT2D eigenvalue weighted by Gasteiger charge is 2.07. The molecule has 0 amide bonds. The van der Waals surface area contributed by atoms with Crippen LogP contribution in [0.25, 0.3) is 0 Å². The lowest BCUT2D eigenvalue weighted by molar-refractivity contribution is 0.300. The van der Waals surface area contributed by atoms with E-state index in [4.69, 9.17) is 9.47 Å². The fraction of sp³-hybridized carbons (Fsp3) is 0.438. The number of aryl methyl sites for hydroxylation is 1. The molecule has 0 unspecified atom stereocenters. The Bertz CT molecular complexity index is 579. The van der Waals surface area contributed by atoms with Gasteiger partial charge in [0.2, 0.25) is 0 Å². The van der Waals surface area contributed by atoms with E-state index in [1.54, 1.807) is 11.8 Å². The normalized spacial score (nSPS) is 10.9. The van der Waals surface area contributed by atoms with E-state index in [-0.39, 0.29) is 0 Å². The number of nitrogens with one attached hydrogen (secondary N) is 1. The highest BCUT2D eigenvalue weighted by molar-refractivity contribution is 5.40. The van der Waals surface area contributed by atoms with Crippen LogP contribution in [0.3, 0.4) is 0 Å². The summed E-state index contributed by atoms with van der Waals surface area (Å²) in [6.45, 7) is 5.50. The number of hydrogen-bond acceptors (Lipinski definition) is 4. The molecule has 0 aliphatic carbocycles. The smallest absolute Gasteiger partial charge is 0.124 e. The van der Waals surface area contributed by atoms with Crippen molar-refractivity contribution in [1.29, 1.82) is 0 Å². The molecule has 2 aromatic rings. The Morgan fingerprint density at radius 2 is 2.14 bits per heavy atom. The fourth-order valence-corrected chi connectivity index (χ4v) is 1.98. The van der Waals surface area contributed by atoms with E-state index in [0.717, 1.165) is 29.2 Å². The standard InChI is InChI=1S/C16H23N3O2/c1-12(2)17-9-14-7-15(20-4)5-6-16(14)21-11-13-8-18-19(3)10-13/h5-8,10,12,17H,9,11H2,1-4H3. The van der Waals surface area contributed by atoms with Gasteiger partial charge >= 0.3 is 0 Å². The largest absolute Gasteiger partial charge is 0.497 e. The summed E-state index contributed by atoms with van der Waals surface area (Å²) in [5.41, 5.74) is 2.14. The van der Waals surface area contributed by atoms with Crippen LogP contribution in [0.1, 0.15) is 25.0 Å². The van der Waals surface area contributed by atoms with E-state index >= 15 is 0 Å². The zero-order valence-corrected chi connectivity index (χ0v) is 13.1. The van der Waals surface area contributed by atoms with E-state index in [2.05, 4.69) is 24.3 Å². The third kappa shape index (κ3) is 4.49. The molecule has 2 rings (SSSR count). The van der Waals surface area contributed by atoms with Crippen LogP contribution in [0, 0.1) is 0 Å². The van der Waals surface area contributed by atoms with Gasteiger partial charge < -0.3 is 14.8 Å². The number of rotatable bonds is 7. The lowest BCUT2D eigenvalue weighted by atomic mass is 10.1. The Morgan fingerprint density at radius 1 is 1.33 bits per heavy atom. The molecular formula is C16H23N3O2. The maximum absolute atomic E-state index is 5.92. The quantitative estimate of drug-likeness (QED) is 0.851. The summed E-state index contributed by atoms with van der Waals surface area (Å²) in [5.74, 6) is 1.71. The molecule has 5 heteroatoms. The summed E-state index contributed by atoms with van der Waals surface area (Å²) < 4.78 is 13.0. The first-order valence-corrected chi connectivity index (χ1v) is 7.09. The monoisotopic (exact) mass is 289 g/mol. The summed E-state index contributed by atoms with van der Waals surface area (Å²) in [5, 5.41) is 7.55.